The molecule has 0 atom stereocenters. The van der Waals surface area contributed by atoms with Gasteiger partial charge in [0.1, 0.15) is 5.70 Å². The predicted octanol–water partition coefficient (Wildman–Crippen LogP) is 4.64. The van der Waals surface area contributed by atoms with Crippen molar-refractivity contribution in [2.75, 3.05) is 18.5 Å². The van der Waals surface area contributed by atoms with Crippen LogP contribution < -0.4 is 4.90 Å². The molecule has 0 N–H and O–H groups in total. The lowest BCUT2D eigenvalue weighted by molar-refractivity contribution is -0.136. The maximum Gasteiger partial charge on any atom is 0.278 e. The highest BCUT2D eigenvalue weighted by Gasteiger charge is 2.40. The molecule has 5 nitrogen and oxygen atoms in total. The second-order valence-electron chi connectivity index (χ2n) is 8.28. The van der Waals surface area contributed by atoms with Gasteiger partial charge < -0.3 is 9.47 Å². The Hall–Kier alpha value is -4.12. The highest BCUT2D eigenvalue weighted by molar-refractivity contribution is 6.36. The van der Waals surface area contributed by atoms with Gasteiger partial charge in [0, 0.05) is 43.4 Å². The number of likely N-dealkylation sites (N-methyl/N-ethyl adjacent to an activating group) is 1. The van der Waals surface area contributed by atoms with Crippen molar-refractivity contribution in [1.29, 1.82) is 0 Å². The van der Waals surface area contributed by atoms with Crippen molar-refractivity contribution in [2.24, 2.45) is 7.05 Å². The fraction of sp³-hybridized carbons (Fsp3) is 0.143. The molecule has 1 aliphatic rings. The van der Waals surface area contributed by atoms with E-state index in [1.165, 1.54) is 4.90 Å². The van der Waals surface area contributed by atoms with E-state index in [0.717, 1.165) is 27.7 Å². The summed E-state index contributed by atoms with van der Waals surface area (Å²) in [6.07, 6.45) is 2.68. The standard InChI is InChI=1S/C28H25N3O2/c1-29-19-21(23-15-9-10-16-24(23)29)17-18-31-27(32)25(20-11-5-3-6-12-20)26(28(31)33)30(2)22-13-7-4-8-14-22/h3-16,19H,17-18H2,1-2H3. The molecular formula is C28H25N3O2. The van der Waals surface area contributed by atoms with E-state index in [9.17, 15) is 9.59 Å². The van der Waals surface area contributed by atoms with E-state index in [1.54, 1.807) is 0 Å². The third kappa shape index (κ3) is 3.61. The van der Waals surface area contributed by atoms with Crippen LogP contribution in [0.5, 0.6) is 0 Å². The molecule has 0 saturated carbocycles. The Labute approximate surface area is 193 Å². The van der Waals surface area contributed by atoms with Crippen molar-refractivity contribution < 1.29 is 9.59 Å². The molecule has 33 heavy (non-hydrogen) atoms. The summed E-state index contributed by atoms with van der Waals surface area (Å²) < 4.78 is 2.08. The van der Waals surface area contributed by atoms with E-state index in [-0.39, 0.29) is 11.8 Å². The minimum Gasteiger partial charge on any atom is -0.350 e. The largest absolute Gasteiger partial charge is 0.350 e. The van der Waals surface area contributed by atoms with Crippen LogP contribution in [0.2, 0.25) is 0 Å². The topological polar surface area (TPSA) is 45.6 Å². The van der Waals surface area contributed by atoms with Crippen LogP contribution in [0.15, 0.2) is 96.8 Å². The van der Waals surface area contributed by atoms with Gasteiger partial charge in [-0.25, -0.2) is 0 Å². The Morgan fingerprint density at radius 1 is 0.788 bits per heavy atom. The normalized spacial score (nSPS) is 13.9. The van der Waals surface area contributed by atoms with E-state index in [2.05, 4.69) is 22.9 Å². The van der Waals surface area contributed by atoms with Gasteiger partial charge in [-0.05, 0) is 35.7 Å². The number of hydrogen-bond acceptors (Lipinski definition) is 3. The Bertz CT molecular complexity index is 1370. The summed E-state index contributed by atoms with van der Waals surface area (Å²) >= 11 is 0. The summed E-state index contributed by atoms with van der Waals surface area (Å²) in [6, 6.07) is 27.3. The molecule has 0 saturated heterocycles. The van der Waals surface area contributed by atoms with E-state index < -0.39 is 0 Å². The molecular weight excluding hydrogens is 410 g/mol. The van der Waals surface area contributed by atoms with Crippen LogP contribution in [0, 0.1) is 0 Å². The van der Waals surface area contributed by atoms with Crippen molar-refractivity contribution in [2.45, 2.75) is 6.42 Å². The number of hydrogen-bond donors (Lipinski definition) is 0. The highest BCUT2D eigenvalue weighted by Crippen LogP contribution is 2.33. The van der Waals surface area contributed by atoms with Gasteiger partial charge in [-0.2, -0.15) is 0 Å². The summed E-state index contributed by atoms with van der Waals surface area (Å²) in [4.78, 5) is 30.4. The molecule has 1 aliphatic heterocycles. The maximum absolute atomic E-state index is 13.6. The Morgan fingerprint density at radius 2 is 1.42 bits per heavy atom. The van der Waals surface area contributed by atoms with Crippen molar-refractivity contribution >= 4 is 34.0 Å². The van der Waals surface area contributed by atoms with Crippen molar-refractivity contribution in [1.82, 2.24) is 9.47 Å². The first-order valence-corrected chi connectivity index (χ1v) is 11.0. The van der Waals surface area contributed by atoms with Gasteiger partial charge in [-0.15, -0.1) is 0 Å². The van der Waals surface area contributed by atoms with Crippen molar-refractivity contribution in [3.05, 3.63) is 108 Å². The summed E-state index contributed by atoms with van der Waals surface area (Å²) in [6.45, 7) is 0.328. The van der Waals surface area contributed by atoms with Gasteiger partial charge in [0.2, 0.25) is 0 Å². The zero-order chi connectivity index (χ0) is 22.9. The maximum atomic E-state index is 13.6. The fourth-order valence-corrected chi connectivity index (χ4v) is 4.58. The molecule has 4 aromatic rings. The van der Waals surface area contributed by atoms with Gasteiger partial charge in [0.15, 0.2) is 0 Å². The smallest absolute Gasteiger partial charge is 0.278 e. The van der Waals surface area contributed by atoms with Crippen LogP contribution >= 0.6 is 0 Å². The zero-order valence-electron chi connectivity index (χ0n) is 18.7. The number of para-hydroxylation sites is 2. The van der Waals surface area contributed by atoms with Gasteiger partial charge in [0.05, 0.1) is 5.57 Å². The molecule has 3 aromatic carbocycles. The molecule has 164 valence electrons. The number of benzene rings is 3. The summed E-state index contributed by atoms with van der Waals surface area (Å²) in [5.74, 6) is -0.505. The molecule has 2 amide bonds. The fourth-order valence-electron chi connectivity index (χ4n) is 4.58. The number of imide groups is 1. The third-order valence-electron chi connectivity index (χ3n) is 6.27. The van der Waals surface area contributed by atoms with Gasteiger partial charge >= 0.3 is 0 Å². The Morgan fingerprint density at radius 3 is 2.15 bits per heavy atom. The average molecular weight is 436 g/mol. The Kier molecular flexibility index (Phi) is 5.31. The summed E-state index contributed by atoms with van der Waals surface area (Å²) in [5, 5.41) is 1.15. The first-order chi connectivity index (χ1) is 16.1. The van der Waals surface area contributed by atoms with Crippen LogP contribution in [0.3, 0.4) is 0 Å². The van der Waals surface area contributed by atoms with Gasteiger partial charge in [0.25, 0.3) is 11.8 Å². The number of amides is 2. The highest BCUT2D eigenvalue weighted by atomic mass is 16.2. The first kappa shape index (κ1) is 20.8. The van der Waals surface area contributed by atoms with Crippen LogP contribution in [0.4, 0.5) is 5.69 Å². The zero-order valence-corrected chi connectivity index (χ0v) is 18.7. The van der Waals surface area contributed by atoms with Crippen LogP contribution in [-0.2, 0) is 23.1 Å². The van der Waals surface area contributed by atoms with E-state index in [0.29, 0.717) is 24.2 Å². The lowest BCUT2D eigenvalue weighted by Gasteiger charge is -2.21. The lowest BCUT2D eigenvalue weighted by atomic mass is 10.0. The van der Waals surface area contributed by atoms with E-state index in [4.69, 9.17) is 0 Å². The molecule has 0 bridgehead atoms. The van der Waals surface area contributed by atoms with Crippen molar-refractivity contribution in [3.63, 3.8) is 0 Å². The van der Waals surface area contributed by atoms with Crippen LogP contribution in [-0.4, -0.2) is 34.9 Å². The third-order valence-corrected chi connectivity index (χ3v) is 6.27. The minimum absolute atomic E-state index is 0.246. The summed E-state index contributed by atoms with van der Waals surface area (Å²) in [7, 11) is 3.85. The quantitative estimate of drug-likeness (QED) is 0.415. The monoisotopic (exact) mass is 435 g/mol. The van der Waals surface area contributed by atoms with Gasteiger partial charge in [-0.1, -0.05) is 66.7 Å². The molecule has 1 aromatic heterocycles. The molecule has 5 rings (SSSR count). The number of carbonyl (C=O) groups excluding carboxylic acids is 2. The number of anilines is 1. The SMILES string of the molecule is CN(C1=C(c2ccccc2)C(=O)N(CCc2cn(C)c3ccccc23)C1=O)c1ccccc1. The molecule has 2 heterocycles. The summed E-state index contributed by atoms with van der Waals surface area (Å²) in [5.41, 5.74) is 4.73. The van der Waals surface area contributed by atoms with Gasteiger partial charge in [-0.3, -0.25) is 14.5 Å². The molecule has 0 unspecified atom stereocenters. The first-order valence-electron chi connectivity index (χ1n) is 11.0. The second-order valence-corrected chi connectivity index (χ2v) is 8.28. The minimum atomic E-state index is -0.259. The molecule has 0 aliphatic carbocycles. The number of carbonyl (C=O) groups is 2. The van der Waals surface area contributed by atoms with Crippen molar-refractivity contribution in [3.8, 4) is 0 Å². The molecule has 0 radical (unpaired) electrons. The molecule has 5 heteroatoms. The lowest BCUT2D eigenvalue weighted by Crippen LogP contribution is -2.35. The Balaban J connectivity index is 1.50. The average Bonchev–Trinajstić information content (AvgIpc) is 3.31. The second kappa shape index (κ2) is 8.43. The number of nitrogens with zero attached hydrogens (tertiary/aromatic N) is 3. The van der Waals surface area contributed by atoms with E-state index >= 15 is 0 Å². The number of aryl methyl sites for hydroxylation is 1. The number of fused-ring (bicyclic) bond motifs is 1. The number of rotatable bonds is 6. The number of aromatic nitrogens is 1. The van der Waals surface area contributed by atoms with Crippen LogP contribution in [0.1, 0.15) is 11.1 Å². The van der Waals surface area contributed by atoms with E-state index in [1.807, 2.05) is 91.8 Å². The molecule has 0 spiro atoms. The molecule has 0 fully saturated rings. The predicted molar refractivity (Wildman–Crippen MR) is 132 cm³/mol. The van der Waals surface area contributed by atoms with Crippen LogP contribution in [0.25, 0.3) is 16.5 Å².